The minimum atomic E-state index is 0.217. The van der Waals surface area contributed by atoms with Crippen molar-refractivity contribution in [2.75, 3.05) is 52.2 Å². The maximum absolute atomic E-state index is 12.3. The second-order valence-electron chi connectivity index (χ2n) is 8.05. The summed E-state index contributed by atoms with van der Waals surface area (Å²) in [6.07, 6.45) is 4.10. The number of primary amides is 1. The van der Waals surface area contributed by atoms with Crippen LogP contribution in [-0.4, -0.2) is 78.8 Å². The lowest BCUT2D eigenvalue weighted by atomic mass is 10.2. The second-order valence-corrected chi connectivity index (χ2v) is 8.05. The third-order valence-electron chi connectivity index (χ3n) is 5.45. The lowest BCUT2D eigenvalue weighted by molar-refractivity contribution is -0.133. The molecule has 2 amide bonds. The largest absolute Gasteiger partial charge is 0.476 e. The molecule has 0 radical (unpaired) electrons. The van der Waals surface area contributed by atoms with E-state index in [4.69, 9.17) is 9.53 Å². The molecule has 9 heteroatoms. The van der Waals surface area contributed by atoms with Crippen molar-refractivity contribution in [1.29, 1.82) is 0 Å². The molecule has 0 unspecified atom stereocenters. The Morgan fingerprint density at radius 2 is 1.74 bits per heavy atom. The summed E-state index contributed by atoms with van der Waals surface area (Å²) in [6.45, 7) is 10.4. The van der Waals surface area contributed by atoms with Gasteiger partial charge in [-0.05, 0) is 32.5 Å². The first-order valence-corrected chi connectivity index (χ1v) is 12.0. The van der Waals surface area contributed by atoms with E-state index in [-0.39, 0.29) is 12.3 Å². The molecule has 190 valence electrons. The lowest BCUT2D eigenvalue weighted by Crippen LogP contribution is -2.47. The number of piperazine rings is 1. The van der Waals surface area contributed by atoms with Gasteiger partial charge in [0.05, 0.1) is 17.9 Å². The van der Waals surface area contributed by atoms with Gasteiger partial charge >= 0.3 is 0 Å². The quantitative estimate of drug-likeness (QED) is 0.450. The summed E-state index contributed by atoms with van der Waals surface area (Å²) in [7, 11) is 3.97. The van der Waals surface area contributed by atoms with Crippen molar-refractivity contribution in [3.63, 3.8) is 0 Å². The molecule has 0 atom stereocenters. The van der Waals surface area contributed by atoms with E-state index >= 15 is 0 Å². The Morgan fingerprint density at radius 1 is 1.15 bits per heavy atom. The summed E-state index contributed by atoms with van der Waals surface area (Å²) in [6, 6.07) is 9.96. The van der Waals surface area contributed by atoms with E-state index in [1.807, 2.05) is 53.9 Å². The van der Waals surface area contributed by atoms with Crippen LogP contribution < -0.4 is 15.8 Å². The fourth-order valence-electron chi connectivity index (χ4n) is 3.27. The van der Waals surface area contributed by atoms with Crippen molar-refractivity contribution in [3.8, 4) is 11.6 Å². The molecule has 2 aromatic rings. The van der Waals surface area contributed by atoms with Crippen LogP contribution in [-0.2, 0) is 9.59 Å². The number of aromatic nitrogens is 2. The molecule has 0 bridgehead atoms. The van der Waals surface area contributed by atoms with Gasteiger partial charge in [0.2, 0.25) is 18.2 Å². The van der Waals surface area contributed by atoms with Crippen molar-refractivity contribution < 1.29 is 14.3 Å². The van der Waals surface area contributed by atoms with E-state index in [0.29, 0.717) is 25.3 Å². The zero-order valence-corrected chi connectivity index (χ0v) is 21.4. The molecule has 1 aliphatic heterocycles. The smallest absolute Gasteiger partial charge is 0.238 e. The summed E-state index contributed by atoms with van der Waals surface area (Å²) in [5.74, 6) is 1.73. The van der Waals surface area contributed by atoms with E-state index in [2.05, 4.69) is 41.9 Å². The Morgan fingerprint density at radius 3 is 2.26 bits per heavy atom. The van der Waals surface area contributed by atoms with Crippen molar-refractivity contribution >= 4 is 18.1 Å². The molecular weight excluding hydrogens is 432 g/mol. The summed E-state index contributed by atoms with van der Waals surface area (Å²) in [5.41, 5.74) is 6.11. The number of unbranched alkanes of at least 4 members (excludes halogenated alkanes) is 1. The highest BCUT2D eigenvalue weighted by Gasteiger charge is 2.19. The molecule has 0 aliphatic carbocycles. The van der Waals surface area contributed by atoms with Gasteiger partial charge in [-0.2, -0.15) is 0 Å². The molecule has 1 aromatic heterocycles. The molecule has 1 aliphatic rings. The van der Waals surface area contributed by atoms with Crippen LogP contribution in [0, 0.1) is 6.92 Å². The van der Waals surface area contributed by atoms with Crippen LogP contribution in [0.1, 0.15) is 45.1 Å². The zero-order chi connectivity index (χ0) is 25.3. The maximum atomic E-state index is 12.3. The van der Waals surface area contributed by atoms with E-state index in [0.717, 1.165) is 43.2 Å². The standard InChI is InChI=1S/C20H29N5O2.C4H10.CH3NO/c1-16-19(21-2)25(17-8-5-4-6-9-17)22-20(16)27-15-7-10-18(26)24-13-11-23(3)12-14-24;1-3-4-2;2-1-3/h4-6,8-9,21H,7,10-15H2,1-3H3;3-4H2,1-2H3;1H,(H2,2,3). The minimum Gasteiger partial charge on any atom is -0.476 e. The average Bonchev–Trinajstić information content (AvgIpc) is 3.18. The average molecular weight is 475 g/mol. The summed E-state index contributed by atoms with van der Waals surface area (Å²) in [5, 5.41) is 7.79. The van der Waals surface area contributed by atoms with Crippen LogP contribution in [0.15, 0.2) is 30.3 Å². The van der Waals surface area contributed by atoms with Gasteiger partial charge in [-0.25, -0.2) is 4.68 Å². The van der Waals surface area contributed by atoms with Crippen molar-refractivity contribution in [2.45, 2.75) is 46.5 Å². The van der Waals surface area contributed by atoms with Gasteiger partial charge in [-0.15, -0.1) is 5.10 Å². The number of amides is 2. The first-order chi connectivity index (χ1) is 16.4. The Bertz CT molecular complexity index is 831. The van der Waals surface area contributed by atoms with E-state index in [1.54, 1.807) is 0 Å². The lowest BCUT2D eigenvalue weighted by Gasteiger charge is -2.32. The predicted octanol–water partition coefficient (Wildman–Crippen LogP) is 3.06. The molecular formula is C25H42N6O3. The number of benzene rings is 1. The van der Waals surface area contributed by atoms with Crippen LogP contribution in [0.25, 0.3) is 5.69 Å². The number of likely N-dealkylation sites (N-methyl/N-ethyl adjacent to an activating group) is 1. The molecule has 3 rings (SSSR count). The highest BCUT2D eigenvalue weighted by molar-refractivity contribution is 5.76. The monoisotopic (exact) mass is 474 g/mol. The SMILES string of the molecule is CCCC.CNc1c(C)c(OCCCC(=O)N2CCN(C)CC2)nn1-c1ccccc1.NC=O. The van der Waals surface area contributed by atoms with Crippen LogP contribution in [0.4, 0.5) is 5.82 Å². The number of para-hydroxylation sites is 1. The number of anilines is 1. The summed E-state index contributed by atoms with van der Waals surface area (Å²) < 4.78 is 7.73. The van der Waals surface area contributed by atoms with Crippen molar-refractivity contribution in [1.82, 2.24) is 19.6 Å². The number of carbonyl (C=O) groups is 2. The normalized spacial score (nSPS) is 13.1. The Kier molecular flexibility index (Phi) is 14.1. The van der Waals surface area contributed by atoms with Crippen LogP contribution in [0.2, 0.25) is 0 Å². The van der Waals surface area contributed by atoms with Crippen LogP contribution >= 0.6 is 0 Å². The fraction of sp³-hybridized carbons (Fsp3) is 0.560. The topological polar surface area (TPSA) is 106 Å². The van der Waals surface area contributed by atoms with E-state index in [9.17, 15) is 4.79 Å². The number of hydrogen-bond acceptors (Lipinski definition) is 6. The van der Waals surface area contributed by atoms with Gasteiger partial charge in [0, 0.05) is 39.6 Å². The van der Waals surface area contributed by atoms with Gasteiger partial charge in [0.25, 0.3) is 0 Å². The van der Waals surface area contributed by atoms with Gasteiger partial charge in [0.15, 0.2) is 0 Å². The zero-order valence-electron chi connectivity index (χ0n) is 21.4. The molecule has 1 aromatic carbocycles. The minimum absolute atomic E-state index is 0.217. The molecule has 34 heavy (non-hydrogen) atoms. The summed E-state index contributed by atoms with van der Waals surface area (Å²) >= 11 is 0. The fourth-order valence-corrected chi connectivity index (χ4v) is 3.27. The number of rotatable bonds is 8. The maximum Gasteiger partial charge on any atom is 0.238 e. The second kappa shape index (κ2) is 16.5. The van der Waals surface area contributed by atoms with Crippen molar-refractivity contribution in [2.24, 2.45) is 5.73 Å². The molecule has 3 N–H and O–H groups in total. The molecule has 0 saturated carbocycles. The van der Waals surface area contributed by atoms with Gasteiger partial charge < -0.3 is 25.6 Å². The molecule has 1 fully saturated rings. The number of nitrogens with one attached hydrogen (secondary N) is 1. The number of carbonyl (C=O) groups excluding carboxylic acids is 2. The number of nitrogens with two attached hydrogens (primary N) is 1. The predicted molar refractivity (Wildman–Crippen MR) is 137 cm³/mol. The first-order valence-electron chi connectivity index (χ1n) is 12.0. The Labute approximate surface area is 204 Å². The number of nitrogens with zero attached hydrogens (tertiary/aromatic N) is 4. The van der Waals surface area contributed by atoms with Gasteiger partial charge in [0.1, 0.15) is 5.82 Å². The Balaban J connectivity index is 0.000000732. The number of hydrogen-bond donors (Lipinski definition) is 2. The van der Waals surface area contributed by atoms with Crippen LogP contribution in [0.3, 0.4) is 0 Å². The van der Waals surface area contributed by atoms with Crippen LogP contribution in [0.5, 0.6) is 5.88 Å². The molecule has 1 saturated heterocycles. The first kappa shape index (κ1) is 29.0. The van der Waals surface area contributed by atoms with Gasteiger partial charge in [-0.1, -0.05) is 44.9 Å². The molecule has 2 heterocycles. The third kappa shape index (κ3) is 9.43. The van der Waals surface area contributed by atoms with Crippen molar-refractivity contribution in [3.05, 3.63) is 35.9 Å². The molecule has 0 spiro atoms. The summed E-state index contributed by atoms with van der Waals surface area (Å²) in [4.78, 5) is 25.1. The third-order valence-corrected chi connectivity index (χ3v) is 5.45. The number of ether oxygens (including phenoxy) is 1. The van der Waals surface area contributed by atoms with Gasteiger partial charge in [-0.3, -0.25) is 9.59 Å². The Hall–Kier alpha value is -3.07. The molecule has 9 nitrogen and oxygen atoms in total. The van der Waals surface area contributed by atoms with E-state index in [1.165, 1.54) is 12.8 Å². The van der Waals surface area contributed by atoms with E-state index < -0.39 is 0 Å². The highest BCUT2D eigenvalue weighted by atomic mass is 16.5. The highest BCUT2D eigenvalue weighted by Crippen LogP contribution is 2.27.